The molecule has 0 radical (unpaired) electrons. The summed E-state index contributed by atoms with van der Waals surface area (Å²) in [6.07, 6.45) is -1.90. The lowest BCUT2D eigenvalue weighted by molar-refractivity contribution is -0.274. The molecule has 2 heterocycles. The first kappa shape index (κ1) is 31.5. The topological polar surface area (TPSA) is 105 Å². The molecular weight excluding hydrogens is 614 g/mol. The third kappa shape index (κ3) is 7.42. The van der Waals surface area contributed by atoms with Gasteiger partial charge in [-0.3, -0.25) is 9.69 Å². The number of carbonyl (C=O) groups excluding carboxylic acids is 2. The molecule has 5 rings (SSSR count). The number of alkyl halides is 3. The highest BCUT2D eigenvalue weighted by Gasteiger charge is 2.33. The second-order valence-electron chi connectivity index (χ2n) is 10.0. The Balaban J connectivity index is 1.31. The third-order valence-corrected chi connectivity index (χ3v) is 7.53. The largest absolute Gasteiger partial charge is 0.573 e. The highest BCUT2D eigenvalue weighted by molar-refractivity contribution is 8.15. The van der Waals surface area contributed by atoms with Gasteiger partial charge in [-0.2, -0.15) is 4.99 Å². The van der Waals surface area contributed by atoms with Crippen molar-refractivity contribution < 1.29 is 31.9 Å². The molecule has 1 aliphatic heterocycles. The molecule has 0 spiro atoms. The van der Waals surface area contributed by atoms with E-state index in [0.717, 1.165) is 54.1 Å². The lowest BCUT2D eigenvalue weighted by atomic mass is 10.1. The van der Waals surface area contributed by atoms with Crippen molar-refractivity contribution in [1.29, 1.82) is 0 Å². The van der Waals surface area contributed by atoms with Crippen LogP contribution in [0.15, 0.2) is 72.0 Å². The van der Waals surface area contributed by atoms with Crippen molar-refractivity contribution in [1.82, 2.24) is 14.8 Å². The molecule has 45 heavy (non-hydrogen) atoms. The van der Waals surface area contributed by atoms with Crippen LogP contribution in [0.4, 0.5) is 39.4 Å². The summed E-state index contributed by atoms with van der Waals surface area (Å²) in [6, 6.07) is 13.9. The number of urea groups is 1. The number of aliphatic imine (C=N–C) groups is 1. The number of hydrogen-bond acceptors (Lipinski definition) is 7. The SMILES string of the molecule is CCCc1ccc(N(C)C)cc1N1C(=O)CS/C1=N\C(=O)Nc1ccc(-c2ncn(-c3ccc(OC(F)(F)F)cc3)n2)cc1F. The quantitative estimate of drug-likeness (QED) is 0.215. The standard InChI is InChI=1S/C30H27F4N7O3S/c1-4-5-18-6-8-21(39(2)3)15-25(18)41-26(42)16-45-29(41)37-28(43)36-24-13-7-19(14-23(24)31)27-35-17-40(38-27)20-9-11-22(12-10-20)44-30(32,33)34/h6-15,17H,4-5,16H2,1-3H3,(H,36,43)/b37-29-. The fourth-order valence-corrected chi connectivity index (χ4v) is 5.37. The molecule has 0 bridgehead atoms. The van der Waals surface area contributed by atoms with E-state index < -0.39 is 18.2 Å². The van der Waals surface area contributed by atoms with Gasteiger partial charge in [-0.1, -0.05) is 31.2 Å². The van der Waals surface area contributed by atoms with E-state index in [9.17, 15) is 22.8 Å². The van der Waals surface area contributed by atoms with Crippen LogP contribution >= 0.6 is 11.8 Å². The fourth-order valence-electron chi connectivity index (χ4n) is 4.51. The number of ether oxygens (including phenoxy) is 1. The van der Waals surface area contributed by atoms with Gasteiger partial charge in [-0.05, 0) is 66.6 Å². The van der Waals surface area contributed by atoms with E-state index in [-0.39, 0.29) is 34.1 Å². The van der Waals surface area contributed by atoms with Crippen molar-refractivity contribution in [2.75, 3.05) is 35.0 Å². The second kappa shape index (κ2) is 13.0. The Bertz CT molecular complexity index is 1760. The number of rotatable bonds is 8. The van der Waals surface area contributed by atoms with Crippen molar-refractivity contribution in [3.63, 3.8) is 0 Å². The molecule has 1 aromatic heterocycles. The maximum atomic E-state index is 15.1. The maximum absolute atomic E-state index is 15.1. The van der Waals surface area contributed by atoms with Crippen LogP contribution in [0, 0.1) is 5.82 Å². The molecule has 0 aliphatic carbocycles. The van der Waals surface area contributed by atoms with E-state index in [1.807, 2.05) is 44.1 Å². The summed E-state index contributed by atoms with van der Waals surface area (Å²) in [5.41, 5.74) is 3.03. The maximum Gasteiger partial charge on any atom is 0.573 e. The summed E-state index contributed by atoms with van der Waals surface area (Å²) in [4.78, 5) is 37.4. The molecule has 1 saturated heterocycles. The highest BCUT2D eigenvalue weighted by atomic mass is 32.2. The first-order valence-corrected chi connectivity index (χ1v) is 14.6. The van der Waals surface area contributed by atoms with Crippen LogP contribution in [-0.2, 0) is 11.2 Å². The first-order chi connectivity index (χ1) is 21.4. The zero-order valence-electron chi connectivity index (χ0n) is 24.3. The van der Waals surface area contributed by atoms with Gasteiger partial charge in [0, 0.05) is 25.3 Å². The van der Waals surface area contributed by atoms with E-state index in [2.05, 4.69) is 25.1 Å². The van der Waals surface area contributed by atoms with Gasteiger partial charge in [0.05, 0.1) is 22.8 Å². The van der Waals surface area contributed by atoms with Crippen LogP contribution in [0.1, 0.15) is 18.9 Å². The number of halogens is 4. The number of aryl methyl sites for hydroxylation is 1. The normalized spacial score (nSPS) is 14.2. The average Bonchev–Trinajstić information content (AvgIpc) is 3.61. The Hall–Kier alpha value is -4.92. The number of hydrogen-bond donors (Lipinski definition) is 1. The molecule has 1 N–H and O–H groups in total. The van der Waals surface area contributed by atoms with Crippen LogP contribution in [0.2, 0.25) is 0 Å². The molecule has 234 valence electrons. The Morgan fingerprint density at radius 1 is 1.11 bits per heavy atom. The predicted octanol–water partition coefficient (Wildman–Crippen LogP) is 6.66. The number of amidine groups is 1. The molecular formula is C30H27F4N7O3S. The number of nitrogens with zero attached hydrogens (tertiary/aromatic N) is 6. The van der Waals surface area contributed by atoms with Gasteiger partial charge in [0.1, 0.15) is 17.9 Å². The van der Waals surface area contributed by atoms with E-state index in [0.29, 0.717) is 16.9 Å². The average molecular weight is 642 g/mol. The molecule has 3 aromatic carbocycles. The number of benzene rings is 3. The predicted molar refractivity (Wildman–Crippen MR) is 165 cm³/mol. The van der Waals surface area contributed by atoms with Gasteiger partial charge >= 0.3 is 12.4 Å². The Morgan fingerprint density at radius 3 is 2.53 bits per heavy atom. The fraction of sp³-hybridized carbons (Fsp3) is 0.233. The summed E-state index contributed by atoms with van der Waals surface area (Å²) in [5, 5.41) is 6.88. The minimum Gasteiger partial charge on any atom is -0.406 e. The van der Waals surface area contributed by atoms with Crippen LogP contribution in [0.5, 0.6) is 5.75 Å². The molecule has 3 amide bonds. The van der Waals surface area contributed by atoms with Crippen LogP contribution in [-0.4, -0.2) is 58.1 Å². The smallest absolute Gasteiger partial charge is 0.406 e. The van der Waals surface area contributed by atoms with Crippen LogP contribution in [0.25, 0.3) is 17.1 Å². The van der Waals surface area contributed by atoms with Gasteiger partial charge in [-0.25, -0.2) is 18.9 Å². The molecule has 0 atom stereocenters. The van der Waals surface area contributed by atoms with E-state index in [1.54, 1.807) is 0 Å². The monoisotopic (exact) mass is 641 g/mol. The zero-order valence-corrected chi connectivity index (χ0v) is 25.1. The minimum atomic E-state index is -4.81. The number of thioether (sulfide) groups is 1. The number of nitrogens with one attached hydrogen (secondary N) is 1. The Labute approximate surface area is 259 Å². The minimum absolute atomic E-state index is 0.109. The third-order valence-electron chi connectivity index (χ3n) is 6.60. The van der Waals surface area contributed by atoms with Gasteiger partial charge in [-0.15, -0.1) is 18.3 Å². The van der Waals surface area contributed by atoms with Gasteiger partial charge in [0.25, 0.3) is 0 Å². The summed E-state index contributed by atoms with van der Waals surface area (Å²) >= 11 is 1.12. The number of amides is 3. The zero-order chi connectivity index (χ0) is 32.3. The van der Waals surface area contributed by atoms with Crippen molar-refractivity contribution in [3.8, 4) is 22.8 Å². The number of carbonyl (C=O) groups is 2. The lowest BCUT2D eigenvalue weighted by Crippen LogP contribution is -2.31. The van der Waals surface area contributed by atoms with Crippen LogP contribution in [0.3, 0.4) is 0 Å². The Kier molecular flexibility index (Phi) is 9.09. The van der Waals surface area contributed by atoms with E-state index >= 15 is 4.39 Å². The molecule has 10 nitrogen and oxygen atoms in total. The molecule has 0 saturated carbocycles. The highest BCUT2D eigenvalue weighted by Crippen LogP contribution is 2.34. The second-order valence-corrected chi connectivity index (χ2v) is 11.0. The number of aromatic nitrogens is 3. The van der Waals surface area contributed by atoms with Gasteiger partial charge in [0.2, 0.25) is 5.91 Å². The molecule has 1 aliphatic rings. The molecule has 0 unspecified atom stereocenters. The summed E-state index contributed by atoms with van der Waals surface area (Å²) in [7, 11) is 3.78. The van der Waals surface area contributed by atoms with Crippen molar-refractivity contribution in [2.45, 2.75) is 26.1 Å². The van der Waals surface area contributed by atoms with Crippen molar-refractivity contribution in [3.05, 3.63) is 78.4 Å². The summed E-state index contributed by atoms with van der Waals surface area (Å²) in [6.45, 7) is 2.03. The van der Waals surface area contributed by atoms with Gasteiger partial charge < -0.3 is 15.0 Å². The molecule has 4 aromatic rings. The Morgan fingerprint density at radius 2 is 1.87 bits per heavy atom. The molecule has 1 fully saturated rings. The van der Waals surface area contributed by atoms with Crippen molar-refractivity contribution in [2.24, 2.45) is 4.99 Å². The summed E-state index contributed by atoms with van der Waals surface area (Å²) in [5.74, 6) is -1.13. The number of anilines is 3. The van der Waals surface area contributed by atoms with Crippen molar-refractivity contribution >= 4 is 45.9 Å². The lowest BCUT2D eigenvalue weighted by Gasteiger charge is -2.22. The van der Waals surface area contributed by atoms with E-state index in [1.165, 1.54) is 40.2 Å². The molecule has 15 heteroatoms. The van der Waals surface area contributed by atoms with E-state index in [4.69, 9.17) is 0 Å². The van der Waals surface area contributed by atoms with Crippen LogP contribution < -0.4 is 19.9 Å². The van der Waals surface area contributed by atoms with Gasteiger partial charge in [0.15, 0.2) is 11.0 Å². The first-order valence-electron chi connectivity index (χ1n) is 13.7. The summed E-state index contributed by atoms with van der Waals surface area (Å²) < 4.78 is 57.5.